The molecule has 0 aliphatic carbocycles. The summed E-state index contributed by atoms with van der Waals surface area (Å²) in [5.41, 5.74) is 7.14. The molecule has 7 heteroatoms. The van der Waals surface area contributed by atoms with E-state index in [2.05, 4.69) is 25.2 Å². The highest BCUT2D eigenvalue weighted by Crippen LogP contribution is 2.26. The number of nitrogens with one attached hydrogen (secondary N) is 1. The average molecular weight is 314 g/mol. The van der Waals surface area contributed by atoms with Gasteiger partial charge in [0, 0.05) is 31.4 Å². The number of nitrogens with two attached hydrogens (primary N) is 1. The highest BCUT2D eigenvalue weighted by atomic mass is 19.1. The highest BCUT2D eigenvalue weighted by molar-refractivity contribution is 5.75. The summed E-state index contributed by atoms with van der Waals surface area (Å²) < 4.78 is 13.4. The van der Waals surface area contributed by atoms with Gasteiger partial charge in [-0.1, -0.05) is 12.1 Å². The fourth-order valence-corrected chi connectivity index (χ4v) is 2.47. The quantitative estimate of drug-likeness (QED) is 0.797. The maximum Gasteiger partial charge on any atom is 0.221 e. The smallest absolute Gasteiger partial charge is 0.221 e. The summed E-state index contributed by atoms with van der Waals surface area (Å²) in [6.45, 7) is 3.53. The number of hydrogen-bond acceptors (Lipinski definition) is 6. The van der Waals surface area contributed by atoms with Crippen molar-refractivity contribution >= 4 is 18.1 Å². The van der Waals surface area contributed by atoms with Crippen LogP contribution in [0.15, 0.2) is 35.5 Å². The third-order valence-corrected chi connectivity index (χ3v) is 3.62. The van der Waals surface area contributed by atoms with Crippen molar-refractivity contribution in [1.29, 1.82) is 0 Å². The number of hydrogen-bond donors (Lipinski definition) is 2. The molecule has 0 spiro atoms. The van der Waals surface area contributed by atoms with Crippen LogP contribution in [0.5, 0.6) is 0 Å². The monoisotopic (exact) mass is 314 g/mol. The van der Waals surface area contributed by atoms with E-state index in [1.54, 1.807) is 12.3 Å². The zero-order valence-corrected chi connectivity index (χ0v) is 12.7. The van der Waals surface area contributed by atoms with Crippen LogP contribution < -0.4 is 11.1 Å². The van der Waals surface area contributed by atoms with Gasteiger partial charge in [0.2, 0.25) is 5.95 Å². The van der Waals surface area contributed by atoms with Gasteiger partial charge in [0.15, 0.2) is 0 Å². The predicted molar refractivity (Wildman–Crippen MR) is 89.9 cm³/mol. The van der Waals surface area contributed by atoms with Crippen LogP contribution in [0.4, 0.5) is 16.2 Å². The lowest BCUT2D eigenvalue weighted by atomic mass is 10.1. The summed E-state index contributed by atoms with van der Waals surface area (Å²) in [6.07, 6.45) is 4.45. The first-order valence-corrected chi connectivity index (χ1v) is 7.59. The molecule has 1 aromatic carbocycles. The Hall–Kier alpha value is -2.70. The first-order valence-electron chi connectivity index (χ1n) is 7.59. The van der Waals surface area contributed by atoms with Crippen LogP contribution in [0, 0.1) is 5.82 Å². The van der Waals surface area contributed by atoms with Crippen molar-refractivity contribution in [3.63, 3.8) is 0 Å². The predicted octanol–water partition coefficient (Wildman–Crippen LogP) is 2.01. The molecule has 0 atom stereocenters. The van der Waals surface area contributed by atoms with Crippen molar-refractivity contribution in [2.45, 2.75) is 6.42 Å². The lowest BCUT2D eigenvalue weighted by molar-refractivity contribution is 0.461. The van der Waals surface area contributed by atoms with Gasteiger partial charge in [-0.2, -0.15) is 4.98 Å². The van der Waals surface area contributed by atoms with Gasteiger partial charge in [-0.15, -0.1) is 0 Å². The second kappa shape index (κ2) is 7.04. The molecule has 2 heterocycles. The van der Waals surface area contributed by atoms with Crippen LogP contribution in [-0.2, 0) is 0 Å². The summed E-state index contributed by atoms with van der Waals surface area (Å²) in [5.74, 6) is 0.524. The zero-order chi connectivity index (χ0) is 16.1. The van der Waals surface area contributed by atoms with E-state index in [-0.39, 0.29) is 11.8 Å². The minimum absolute atomic E-state index is 0.194. The standard InChI is InChI=1S/C16H19FN6/c17-13-4-1-3-12(9-13)14-10-21-16(18)22-15(14)20-5-2-7-23-8-6-19-11-23/h1,3-4,9-11H,2,5-8H2,(H3,18,20,21,22). The molecule has 3 N–H and O–H groups in total. The van der Waals surface area contributed by atoms with Crippen LogP contribution in [0.2, 0.25) is 0 Å². The molecule has 1 aliphatic heterocycles. The van der Waals surface area contributed by atoms with Gasteiger partial charge < -0.3 is 16.0 Å². The number of aliphatic imine (C=N–C) groups is 1. The van der Waals surface area contributed by atoms with Crippen LogP contribution in [0.1, 0.15) is 6.42 Å². The van der Waals surface area contributed by atoms with E-state index in [0.717, 1.165) is 43.7 Å². The fraction of sp³-hybridized carbons (Fsp3) is 0.312. The molecule has 2 aromatic rings. The number of nitrogen functional groups attached to an aromatic ring is 1. The number of nitrogens with zero attached hydrogens (tertiary/aromatic N) is 4. The minimum Gasteiger partial charge on any atom is -0.369 e. The Kier molecular flexibility index (Phi) is 4.65. The maximum atomic E-state index is 13.4. The summed E-state index contributed by atoms with van der Waals surface area (Å²) in [4.78, 5) is 14.6. The molecule has 1 aromatic heterocycles. The molecule has 0 saturated carbocycles. The van der Waals surface area contributed by atoms with Crippen molar-refractivity contribution in [2.24, 2.45) is 4.99 Å². The molecule has 23 heavy (non-hydrogen) atoms. The van der Waals surface area contributed by atoms with E-state index in [9.17, 15) is 4.39 Å². The van der Waals surface area contributed by atoms with E-state index < -0.39 is 0 Å². The molecule has 0 saturated heterocycles. The first-order chi connectivity index (χ1) is 11.2. The number of benzene rings is 1. The molecule has 0 amide bonds. The molecule has 0 bridgehead atoms. The van der Waals surface area contributed by atoms with Crippen LogP contribution in [0.25, 0.3) is 11.1 Å². The Morgan fingerprint density at radius 1 is 1.35 bits per heavy atom. The topological polar surface area (TPSA) is 79.4 Å². The van der Waals surface area contributed by atoms with E-state index >= 15 is 0 Å². The van der Waals surface area contributed by atoms with Gasteiger partial charge in [-0.05, 0) is 24.1 Å². The number of anilines is 2. The molecule has 6 nitrogen and oxygen atoms in total. The largest absolute Gasteiger partial charge is 0.369 e. The van der Waals surface area contributed by atoms with E-state index in [1.807, 2.05) is 12.4 Å². The van der Waals surface area contributed by atoms with Crippen molar-refractivity contribution in [3.05, 3.63) is 36.3 Å². The Morgan fingerprint density at radius 3 is 3.04 bits per heavy atom. The maximum absolute atomic E-state index is 13.4. The Balaban J connectivity index is 1.68. The van der Waals surface area contributed by atoms with Gasteiger partial charge in [-0.3, -0.25) is 4.99 Å². The highest BCUT2D eigenvalue weighted by Gasteiger charge is 2.10. The second-order valence-electron chi connectivity index (χ2n) is 5.34. The SMILES string of the molecule is Nc1ncc(-c2cccc(F)c2)c(NCCCN2C=NCC2)n1. The Labute approximate surface area is 134 Å². The number of aromatic nitrogens is 2. The molecule has 120 valence electrons. The third kappa shape index (κ3) is 3.94. The van der Waals surface area contributed by atoms with E-state index in [0.29, 0.717) is 5.82 Å². The van der Waals surface area contributed by atoms with Gasteiger partial charge in [0.1, 0.15) is 11.6 Å². The third-order valence-electron chi connectivity index (χ3n) is 3.62. The summed E-state index contributed by atoms with van der Waals surface area (Å²) in [6, 6.07) is 6.36. The van der Waals surface area contributed by atoms with Crippen molar-refractivity contribution in [2.75, 3.05) is 37.2 Å². The van der Waals surface area contributed by atoms with Gasteiger partial charge >= 0.3 is 0 Å². The Morgan fingerprint density at radius 2 is 2.26 bits per heavy atom. The zero-order valence-electron chi connectivity index (χ0n) is 12.7. The molecule has 1 aliphatic rings. The first kappa shape index (κ1) is 15.2. The molecule has 3 rings (SSSR count). The summed E-state index contributed by atoms with van der Waals surface area (Å²) in [5, 5.41) is 3.27. The lowest BCUT2D eigenvalue weighted by Crippen LogP contribution is -2.22. The van der Waals surface area contributed by atoms with Crippen LogP contribution in [0.3, 0.4) is 0 Å². The molecule has 0 fully saturated rings. The van der Waals surface area contributed by atoms with Crippen molar-refractivity contribution < 1.29 is 4.39 Å². The molecular weight excluding hydrogens is 295 g/mol. The van der Waals surface area contributed by atoms with E-state index in [1.165, 1.54) is 12.1 Å². The van der Waals surface area contributed by atoms with Crippen LogP contribution in [-0.4, -0.2) is 47.4 Å². The van der Waals surface area contributed by atoms with Crippen molar-refractivity contribution in [3.8, 4) is 11.1 Å². The lowest BCUT2D eigenvalue weighted by Gasteiger charge is -2.15. The molecule has 0 radical (unpaired) electrons. The van der Waals surface area contributed by atoms with Gasteiger partial charge in [0.05, 0.1) is 12.9 Å². The number of halogens is 1. The van der Waals surface area contributed by atoms with Gasteiger partial charge in [0.25, 0.3) is 0 Å². The molecular formula is C16H19FN6. The van der Waals surface area contributed by atoms with Gasteiger partial charge in [-0.25, -0.2) is 9.37 Å². The second-order valence-corrected chi connectivity index (χ2v) is 5.34. The van der Waals surface area contributed by atoms with E-state index in [4.69, 9.17) is 5.73 Å². The fourth-order valence-electron chi connectivity index (χ4n) is 2.47. The van der Waals surface area contributed by atoms with Crippen molar-refractivity contribution in [1.82, 2.24) is 14.9 Å². The molecule has 0 unspecified atom stereocenters. The van der Waals surface area contributed by atoms with Crippen LogP contribution >= 0.6 is 0 Å². The average Bonchev–Trinajstić information content (AvgIpc) is 3.05. The summed E-state index contributed by atoms with van der Waals surface area (Å²) >= 11 is 0. The number of rotatable bonds is 6. The Bertz CT molecular complexity index is 703. The summed E-state index contributed by atoms with van der Waals surface area (Å²) in [7, 11) is 0. The minimum atomic E-state index is -0.293. The normalized spacial score (nSPS) is 13.5.